The van der Waals surface area contributed by atoms with Crippen molar-refractivity contribution in [3.05, 3.63) is 48.5 Å². The number of anilines is 1. The number of carbonyl (C=O) groups excluding carboxylic acids is 1. The van der Waals surface area contributed by atoms with Crippen LogP contribution in [-0.4, -0.2) is 75.0 Å². The summed E-state index contributed by atoms with van der Waals surface area (Å²) in [5.41, 5.74) is 12.8. The Kier molecular flexibility index (Phi) is 6.74. The van der Waals surface area contributed by atoms with Crippen molar-refractivity contribution < 1.29 is 32.3 Å². The molecule has 2 aromatic heterocycles. The Balaban J connectivity index is 1.37. The molecule has 15 heteroatoms. The number of nitrogens with zero attached hydrogens (tertiary/aromatic N) is 4. The van der Waals surface area contributed by atoms with Gasteiger partial charge in [0, 0.05) is 0 Å². The van der Waals surface area contributed by atoms with Crippen LogP contribution in [0.15, 0.2) is 43.0 Å². The third-order valence-corrected chi connectivity index (χ3v) is 6.14. The summed E-state index contributed by atoms with van der Waals surface area (Å²) >= 11 is 0. The van der Waals surface area contributed by atoms with Gasteiger partial charge < -0.3 is 26.4 Å². The molecule has 0 aliphatic carbocycles. The van der Waals surface area contributed by atoms with Crippen molar-refractivity contribution in [2.75, 3.05) is 12.3 Å². The molecule has 0 saturated carbocycles. The summed E-state index contributed by atoms with van der Waals surface area (Å²) in [6.45, 7) is -0.685. The molecule has 1 aliphatic rings. The number of rotatable bonds is 8. The number of fused-ring (bicyclic) bond motifs is 1. The molecule has 1 fully saturated rings. The highest BCUT2D eigenvalue weighted by molar-refractivity contribution is 7.85. The number of carbonyl (C=O) groups is 1. The summed E-state index contributed by atoms with van der Waals surface area (Å²) < 4.78 is 37.9. The third-order valence-electron chi connectivity index (χ3n) is 5.25. The molecule has 5 atom stereocenters. The normalized spacial score (nSPS) is 23.7. The first-order valence-electron chi connectivity index (χ1n) is 10.1. The van der Waals surface area contributed by atoms with Gasteiger partial charge in [-0.05, 0) is 12.0 Å². The zero-order valence-electron chi connectivity index (χ0n) is 17.6. The maximum Gasteiger partial charge on any atom is 0.362 e. The lowest BCUT2D eigenvalue weighted by Gasteiger charge is -2.16. The predicted molar refractivity (Wildman–Crippen MR) is 117 cm³/mol. The van der Waals surface area contributed by atoms with Crippen molar-refractivity contribution in [2.45, 2.75) is 37.0 Å². The first kappa shape index (κ1) is 23.9. The molecule has 34 heavy (non-hydrogen) atoms. The number of benzene rings is 1. The number of hydrogen-bond donors (Lipinski definition) is 5. The summed E-state index contributed by atoms with van der Waals surface area (Å²) in [6.07, 6.45) is -2.75. The van der Waals surface area contributed by atoms with E-state index >= 15 is 0 Å². The Morgan fingerprint density at radius 2 is 1.94 bits per heavy atom. The second-order valence-electron chi connectivity index (χ2n) is 7.63. The van der Waals surface area contributed by atoms with Gasteiger partial charge in [-0.1, -0.05) is 30.3 Å². The van der Waals surface area contributed by atoms with Crippen molar-refractivity contribution in [1.29, 1.82) is 0 Å². The van der Waals surface area contributed by atoms with Gasteiger partial charge in [0.15, 0.2) is 17.7 Å². The first-order chi connectivity index (χ1) is 16.2. The number of nitrogens with two attached hydrogens (primary N) is 2. The quantitative estimate of drug-likeness (QED) is 0.230. The lowest BCUT2D eigenvalue weighted by atomic mass is 10.1. The van der Waals surface area contributed by atoms with Crippen molar-refractivity contribution in [3.63, 3.8) is 0 Å². The lowest BCUT2D eigenvalue weighted by Crippen LogP contribution is -2.45. The smallest absolute Gasteiger partial charge is 0.362 e. The van der Waals surface area contributed by atoms with Gasteiger partial charge in [-0.25, -0.2) is 19.7 Å². The van der Waals surface area contributed by atoms with Gasteiger partial charge in [0.1, 0.15) is 30.2 Å². The van der Waals surface area contributed by atoms with Gasteiger partial charge in [-0.15, -0.1) is 0 Å². The molecule has 3 heterocycles. The summed E-state index contributed by atoms with van der Waals surface area (Å²) in [7, 11) is -4.57. The largest absolute Gasteiger partial charge is 0.387 e. The zero-order valence-corrected chi connectivity index (χ0v) is 18.4. The molecule has 1 aromatic carbocycles. The van der Waals surface area contributed by atoms with E-state index in [0.717, 1.165) is 5.56 Å². The van der Waals surface area contributed by atoms with Crippen LogP contribution in [0.3, 0.4) is 0 Å². The van der Waals surface area contributed by atoms with E-state index in [9.17, 15) is 23.4 Å². The van der Waals surface area contributed by atoms with E-state index in [2.05, 4.69) is 15.0 Å². The van der Waals surface area contributed by atoms with Crippen molar-refractivity contribution >= 4 is 33.2 Å². The number of aromatic nitrogens is 4. The maximum absolute atomic E-state index is 12.2. The Labute approximate surface area is 193 Å². The number of imidazole rings is 1. The van der Waals surface area contributed by atoms with E-state index in [1.807, 2.05) is 0 Å². The highest BCUT2D eigenvalue weighted by Crippen LogP contribution is 2.32. The van der Waals surface area contributed by atoms with E-state index in [1.165, 1.54) is 17.2 Å². The number of aliphatic hydroxyl groups is 2. The fraction of sp³-hybridized carbons (Fsp3) is 0.368. The van der Waals surface area contributed by atoms with Crippen molar-refractivity contribution in [2.24, 2.45) is 5.73 Å². The van der Waals surface area contributed by atoms with Crippen LogP contribution in [0.5, 0.6) is 0 Å². The highest BCUT2D eigenvalue weighted by Gasteiger charge is 2.45. The first-order valence-corrected chi connectivity index (χ1v) is 11.5. The molecule has 1 amide bonds. The molecule has 182 valence electrons. The molecule has 14 nitrogen and oxygen atoms in total. The topological polar surface area (TPSA) is 218 Å². The number of hydrogen-bond acceptors (Lipinski definition) is 12. The molecule has 1 aliphatic heterocycles. The molecule has 7 N–H and O–H groups in total. The molecular weight excluding hydrogens is 470 g/mol. The number of aliphatic hydroxyl groups excluding tert-OH is 2. The van der Waals surface area contributed by atoms with Crippen LogP contribution >= 0.6 is 0 Å². The van der Waals surface area contributed by atoms with Crippen LogP contribution in [0.4, 0.5) is 5.82 Å². The predicted octanol–water partition coefficient (Wildman–Crippen LogP) is -2.02. The Hall–Kier alpha value is -3.21. The summed E-state index contributed by atoms with van der Waals surface area (Å²) in [4.78, 5) is 24.1. The number of nitrogens with one attached hydrogen (secondary N) is 1. The second kappa shape index (κ2) is 9.57. The second-order valence-corrected chi connectivity index (χ2v) is 8.98. The van der Waals surface area contributed by atoms with Gasteiger partial charge >= 0.3 is 10.3 Å². The van der Waals surface area contributed by atoms with E-state index in [4.69, 9.17) is 20.4 Å². The van der Waals surface area contributed by atoms with Crippen molar-refractivity contribution in [3.8, 4) is 0 Å². The number of ether oxygens (including phenoxy) is 1. The minimum absolute atomic E-state index is 0.115. The van der Waals surface area contributed by atoms with Crippen LogP contribution in [0, 0.1) is 0 Å². The monoisotopic (exact) mass is 493 g/mol. The van der Waals surface area contributed by atoms with Gasteiger partial charge in [-0.3, -0.25) is 13.5 Å². The van der Waals surface area contributed by atoms with E-state index in [1.54, 1.807) is 35.1 Å². The van der Waals surface area contributed by atoms with E-state index < -0.39 is 53.4 Å². The minimum Gasteiger partial charge on any atom is -0.387 e. The van der Waals surface area contributed by atoms with Crippen LogP contribution in [-0.2, 0) is 30.4 Å². The average molecular weight is 494 g/mol. The summed E-state index contributed by atoms with van der Waals surface area (Å²) in [6, 6.07) is 7.70. The van der Waals surface area contributed by atoms with E-state index in [0.29, 0.717) is 0 Å². The van der Waals surface area contributed by atoms with Gasteiger partial charge in [0.05, 0.1) is 19.0 Å². The van der Waals surface area contributed by atoms with Crippen LogP contribution in [0.2, 0.25) is 0 Å². The maximum atomic E-state index is 12.2. The van der Waals surface area contributed by atoms with Crippen LogP contribution < -0.4 is 16.2 Å². The standard InChI is InChI=1S/C19H23N7O7S/c20-11(6-10-4-2-1-3-5-10)18(29)25-34(30,31)32-7-12-14(27)15(28)19(33-12)26-9-24-13-16(21)22-8-23-17(13)26/h1-5,8-9,11-12,14-15,19,27-28H,6-7,20H2,(H,25,29)(H2,21,22,23)/t11-,12+,14+,15+,19+/m0/s1. The molecular formula is C19H23N7O7S. The molecule has 0 bridgehead atoms. The summed E-state index contributed by atoms with van der Waals surface area (Å²) in [5.74, 6) is -0.846. The third kappa shape index (κ3) is 4.98. The fourth-order valence-electron chi connectivity index (χ4n) is 3.50. The van der Waals surface area contributed by atoms with Gasteiger partial charge in [-0.2, -0.15) is 8.42 Å². The Morgan fingerprint density at radius 3 is 2.68 bits per heavy atom. The highest BCUT2D eigenvalue weighted by atomic mass is 32.2. The lowest BCUT2D eigenvalue weighted by molar-refractivity contribution is -0.120. The van der Waals surface area contributed by atoms with Crippen LogP contribution in [0.1, 0.15) is 11.8 Å². The molecule has 0 unspecified atom stereocenters. The fourth-order valence-corrected chi connectivity index (χ4v) is 4.27. The summed E-state index contributed by atoms with van der Waals surface area (Å²) in [5, 5.41) is 20.8. The SMILES string of the molecule is Nc1ncnc2c1ncn2[C@@H]1O[C@H](COS(=O)(=O)NC(=O)[C@@H](N)Cc2ccccc2)[C@@H](O)[C@H]1O. The molecule has 0 radical (unpaired) electrons. The number of nitrogen functional groups attached to an aromatic ring is 1. The van der Waals surface area contributed by atoms with Gasteiger partial charge in [0.2, 0.25) is 0 Å². The number of amides is 1. The average Bonchev–Trinajstić information content (AvgIpc) is 3.35. The van der Waals surface area contributed by atoms with E-state index in [-0.39, 0.29) is 23.4 Å². The zero-order chi connectivity index (χ0) is 24.5. The Morgan fingerprint density at radius 1 is 1.21 bits per heavy atom. The molecule has 0 spiro atoms. The van der Waals surface area contributed by atoms with Gasteiger partial charge in [0.25, 0.3) is 5.91 Å². The van der Waals surface area contributed by atoms with Crippen molar-refractivity contribution in [1.82, 2.24) is 24.2 Å². The molecule has 3 aromatic rings. The minimum atomic E-state index is -4.57. The Bertz CT molecular complexity index is 1270. The molecule has 4 rings (SSSR count). The molecule has 1 saturated heterocycles. The van der Waals surface area contributed by atoms with Crippen LogP contribution in [0.25, 0.3) is 11.2 Å².